The molecule has 3 N–H and O–H groups in total. The molecule has 0 aromatic carbocycles. The Morgan fingerprint density at radius 2 is 2.42 bits per heavy atom. The molecule has 0 saturated heterocycles. The highest BCUT2D eigenvalue weighted by Crippen LogP contribution is 2.12. The van der Waals surface area contributed by atoms with Crippen LogP contribution >= 0.6 is 11.6 Å². The van der Waals surface area contributed by atoms with E-state index in [4.69, 9.17) is 21.8 Å². The maximum Gasteiger partial charge on any atom is 0.231 e. The number of hydrogen-bond acceptors (Lipinski definition) is 3. The number of furan rings is 1. The molecule has 5 heteroatoms. The number of nitrogens with two attached hydrogens (primary N) is 1. The first-order chi connectivity index (χ1) is 5.68. The highest BCUT2D eigenvalue weighted by molar-refractivity contribution is 6.28. The molecule has 66 valence electrons. The summed E-state index contributed by atoms with van der Waals surface area (Å²) in [6.07, 6.45) is 0. The highest BCUT2D eigenvalue weighted by atomic mass is 35.5. The van der Waals surface area contributed by atoms with Crippen molar-refractivity contribution >= 4 is 17.5 Å². The first kappa shape index (κ1) is 9.09. The number of primary amides is 1. The third-order valence-electron chi connectivity index (χ3n) is 1.23. The van der Waals surface area contributed by atoms with Gasteiger partial charge in [0.1, 0.15) is 5.76 Å². The van der Waals surface area contributed by atoms with Crippen LogP contribution < -0.4 is 11.1 Å². The van der Waals surface area contributed by atoms with Gasteiger partial charge in [0.25, 0.3) is 0 Å². The Morgan fingerprint density at radius 3 is 2.92 bits per heavy atom. The lowest BCUT2D eigenvalue weighted by Crippen LogP contribution is -2.27. The highest BCUT2D eigenvalue weighted by Gasteiger charge is 1.99. The Hall–Kier alpha value is -1.00. The van der Waals surface area contributed by atoms with Crippen molar-refractivity contribution < 1.29 is 9.21 Å². The molecule has 1 aromatic rings. The van der Waals surface area contributed by atoms with Crippen LogP contribution in [0, 0.1) is 0 Å². The Bertz CT molecular complexity index is 272. The van der Waals surface area contributed by atoms with Gasteiger partial charge in [0.2, 0.25) is 5.91 Å². The molecular weight excluding hydrogens is 180 g/mol. The molecule has 0 atom stereocenters. The van der Waals surface area contributed by atoms with Crippen molar-refractivity contribution in [2.45, 2.75) is 6.54 Å². The minimum Gasteiger partial charge on any atom is -0.448 e. The van der Waals surface area contributed by atoms with Crippen LogP contribution in [0.5, 0.6) is 0 Å². The molecule has 4 nitrogen and oxygen atoms in total. The summed E-state index contributed by atoms with van der Waals surface area (Å²) < 4.78 is 5.02. The first-order valence-electron chi connectivity index (χ1n) is 3.41. The number of carbonyl (C=O) groups excluding carboxylic acids is 1. The molecule has 1 aromatic heterocycles. The van der Waals surface area contributed by atoms with Crippen LogP contribution in [0.3, 0.4) is 0 Å². The normalized spacial score (nSPS) is 10.1. The molecule has 0 radical (unpaired) electrons. The summed E-state index contributed by atoms with van der Waals surface area (Å²) in [4.78, 5) is 10.3. The number of rotatable bonds is 4. The first-order valence-corrected chi connectivity index (χ1v) is 3.79. The molecule has 1 amide bonds. The van der Waals surface area contributed by atoms with Crippen LogP contribution in [0.1, 0.15) is 5.76 Å². The number of hydrogen-bond donors (Lipinski definition) is 2. The van der Waals surface area contributed by atoms with Gasteiger partial charge < -0.3 is 15.5 Å². The molecule has 1 rings (SSSR count). The largest absolute Gasteiger partial charge is 0.448 e. The maximum absolute atomic E-state index is 10.3. The van der Waals surface area contributed by atoms with E-state index in [-0.39, 0.29) is 6.54 Å². The van der Waals surface area contributed by atoms with Crippen molar-refractivity contribution in [3.63, 3.8) is 0 Å². The van der Waals surface area contributed by atoms with Crippen LogP contribution in [-0.4, -0.2) is 12.5 Å². The fourth-order valence-corrected chi connectivity index (χ4v) is 0.918. The second kappa shape index (κ2) is 4.13. The van der Waals surface area contributed by atoms with Gasteiger partial charge in [0.05, 0.1) is 13.1 Å². The molecule has 0 spiro atoms. The molecule has 0 aliphatic carbocycles. The molecule has 0 aliphatic rings. The van der Waals surface area contributed by atoms with E-state index in [0.29, 0.717) is 17.5 Å². The van der Waals surface area contributed by atoms with E-state index in [1.807, 2.05) is 0 Å². The van der Waals surface area contributed by atoms with E-state index in [1.165, 1.54) is 0 Å². The summed E-state index contributed by atoms with van der Waals surface area (Å²) in [6.45, 7) is 0.591. The topological polar surface area (TPSA) is 68.3 Å². The predicted molar refractivity (Wildman–Crippen MR) is 44.6 cm³/mol. The minimum atomic E-state index is -0.396. The Labute approximate surface area is 74.7 Å². The lowest BCUT2D eigenvalue weighted by Gasteiger charge is -1.97. The van der Waals surface area contributed by atoms with Crippen molar-refractivity contribution in [3.05, 3.63) is 23.1 Å². The van der Waals surface area contributed by atoms with Gasteiger partial charge in [0.15, 0.2) is 5.22 Å². The molecule has 12 heavy (non-hydrogen) atoms. The van der Waals surface area contributed by atoms with Crippen molar-refractivity contribution in [2.24, 2.45) is 5.73 Å². The van der Waals surface area contributed by atoms with Gasteiger partial charge in [-0.05, 0) is 23.7 Å². The Kier molecular flexibility index (Phi) is 3.13. The van der Waals surface area contributed by atoms with Gasteiger partial charge in [-0.15, -0.1) is 0 Å². The van der Waals surface area contributed by atoms with Gasteiger partial charge in [-0.2, -0.15) is 0 Å². The summed E-state index contributed by atoms with van der Waals surface area (Å²) in [5.41, 5.74) is 4.90. The third kappa shape index (κ3) is 2.94. The second-order valence-corrected chi connectivity index (χ2v) is 2.65. The van der Waals surface area contributed by atoms with E-state index in [0.717, 1.165) is 0 Å². The molecule has 0 fully saturated rings. The summed E-state index contributed by atoms with van der Waals surface area (Å²) in [6, 6.07) is 3.37. The summed E-state index contributed by atoms with van der Waals surface area (Å²) in [5.74, 6) is 0.286. The van der Waals surface area contributed by atoms with Gasteiger partial charge >= 0.3 is 0 Å². The van der Waals surface area contributed by atoms with Crippen molar-refractivity contribution in [2.75, 3.05) is 6.54 Å². The predicted octanol–water partition coefficient (Wildman–Crippen LogP) is 0.508. The molecule has 0 aliphatic heterocycles. The van der Waals surface area contributed by atoms with Gasteiger partial charge in [-0.3, -0.25) is 4.79 Å². The van der Waals surface area contributed by atoms with Crippen molar-refractivity contribution in [1.29, 1.82) is 0 Å². The van der Waals surface area contributed by atoms with Crippen LogP contribution in [-0.2, 0) is 11.3 Å². The van der Waals surface area contributed by atoms with E-state index in [2.05, 4.69) is 5.32 Å². The summed E-state index contributed by atoms with van der Waals surface area (Å²) >= 11 is 5.52. The molecule has 0 saturated carbocycles. The number of carbonyl (C=O) groups is 1. The van der Waals surface area contributed by atoms with E-state index in [9.17, 15) is 4.79 Å². The summed E-state index contributed by atoms with van der Waals surface area (Å²) in [7, 11) is 0. The monoisotopic (exact) mass is 188 g/mol. The quantitative estimate of drug-likeness (QED) is 0.724. The van der Waals surface area contributed by atoms with Crippen LogP contribution in [0.15, 0.2) is 16.5 Å². The zero-order valence-electron chi connectivity index (χ0n) is 6.34. The van der Waals surface area contributed by atoms with Crippen LogP contribution in [0.25, 0.3) is 0 Å². The van der Waals surface area contributed by atoms with Crippen LogP contribution in [0.4, 0.5) is 0 Å². The number of halogens is 1. The molecule has 0 unspecified atom stereocenters. The van der Waals surface area contributed by atoms with Crippen molar-refractivity contribution in [3.8, 4) is 0 Å². The third-order valence-corrected chi connectivity index (χ3v) is 1.43. The minimum absolute atomic E-state index is 0.137. The van der Waals surface area contributed by atoms with Crippen LogP contribution in [0.2, 0.25) is 5.22 Å². The maximum atomic E-state index is 10.3. The molecule has 1 heterocycles. The van der Waals surface area contributed by atoms with Gasteiger partial charge in [-0.1, -0.05) is 0 Å². The van der Waals surface area contributed by atoms with Crippen molar-refractivity contribution in [1.82, 2.24) is 5.32 Å². The lowest BCUT2D eigenvalue weighted by molar-refractivity contribution is -0.117. The lowest BCUT2D eigenvalue weighted by atomic mass is 10.4. The van der Waals surface area contributed by atoms with E-state index >= 15 is 0 Å². The average molecular weight is 189 g/mol. The fraction of sp³-hybridized carbons (Fsp3) is 0.286. The molecule has 0 bridgehead atoms. The zero-order chi connectivity index (χ0) is 8.97. The standard InChI is InChI=1S/C7H9ClN2O2/c8-6-2-1-5(12-6)3-10-4-7(9)11/h1-2,10H,3-4H2,(H2,9,11). The molecular formula is C7H9ClN2O2. The zero-order valence-corrected chi connectivity index (χ0v) is 7.10. The average Bonchev–Trinajstić information content (AvgIpc) is 2.35. The Morgan fingerprint density at radius 1 is 1.67 bits per heavy atom. The smallest absolute Gasteiger partial charge is 0.231 e. The van der Waals surface area contributed by atoms with E-state index in [1.54, 1.807) is 12.1 Å². The van der Waals surface area contributed by atoms with Gasteiger partial charge in [-0.25, -0.2) is 0 Å². The summed E-state index contributed by atoms with van der Waals surface area (Å²) in [5, 5.41) is 3.13. The fourth-order valence-electron chi connectivity index (χ4n) is 0.756. The van der Waals surface area contributed by atoms with E-state index < -0.39 is 5.91 Å². The van der Waals surface area contributed by atoms with Gasteiger partial charge in [0, 0.05) is 0 Å². The second-order valence-electron chi connectivity index (χ2n) is 2.28. The number of nitrogens with one attached hydrogen (secondary N) is 1. The Balaban J connectivity index is 2.29. The number of amides is 1. The SMILES string of the molecule is NC(=O)CNCc1ccc(Cl)o1.